The van der Waals surface area contributed by atoms with E-state index in [0.717, 1.165) is 27.8 Å². The van der Waals surface area contributed by atoms with E-state index in [-0.39, 0.29) is 5.63 Å². The van der Waals surface area contributed by atoms with E-state index in [1.165, 1.54) is 0 Å². The highest BCUT2D eigenvalue weighted by atomic mass is 35.5. The van der Waals surface area contributed by atoms with Crippen LogP contribution in [0, 0.1) is 0 Å². The summed E-state index contributed by atoms with van der Waals surface area (Å²) < 4.78 is 16.9. The minimum absolute atomic E-state index is 0.346. The lowest BCUT2D eigenvalue weighted by Gasteiger charge is -2.31. The largest absolute Gasteiger partial charge is 0.495 e. The van der Waals surface area contributed by atoms with Gasteiger partial charge in [0.25, 0.3) is 0 Å². The quantitative estimate of drug-likeness (QED) is 0.355. The van der Waals surface area contributed by atoms with Gasteiger partial charge in [-0.1, -0.05) is 29.8 Å². The number of anilines is 1. The second-order valence-electron chi connectivity index (χ2n) is 6.64. The van der Waals surface area contributed by atoms with E-state index in [9.17, 15) is 4.79 Å². The van der Waals surface area contributed by atoms with Crippen molar-refractivity contribution in [3.63, 3.8) is 0 Å². The molecule has 5 rings (SSSR count). The van der Waals surface area contributed by atoms with Crippen LogP contribution >= 0.6 is 11.6 Å². The Balaban J connectivity index is 1.65. The molecule has 0 bridgehead atoms. The highest BCUT2D eigenvalue weighted by Crippen LogP contribution is 2.37. The number of fused-ring (bicyclic) bond motifs is 5. The molecule has 6 heteroatoms. The summed E-state index contributed by atoms with van der Waals surface area (Å²) in [5.41, 5.74) is 1.96. The Morgan fingerprint density at radius 2 is 1.86 bits per heavy atom. The number of methoxy groups -OCH3 is 1. The number of benzene rings is 3. The summed E-state index contributed by atoms with van der Waals surface area (Å²) in [6, 6.07) is 16.9. The Morgan fingerprint density at radius 1 is 1.04 bits per heavy atom. The third-order valence-electron chi connectivity index (χ3n) is 5.07. The van der Waals surface area contributed by atoms with Crippen molar-refractivity contribution in [2.45, 2.75) is 6.54 Å². The van der Waals surface area contributed by atoms with E-state index in [1.54, 1.807) is 13.2 Å². The first-order chi connectivity index (χ1) is 13.7. The van der Waals surface area contributed by atoms with Crippen LogP contribution in [-0.4, -0.2) is 13.8 Å². The molecular weight excluding hydrogens is 378 g/mol. The third-order valence-corrected chi connectivity index (χ3v) is 5.37. The maximum absolute atomic E-state index is 12.5. The van der Waals surface area contributed by atoms with Crippen molar-refractivity contribution in [1.82, 2.24) is 0 Å². The molecule has 0 N–H and O–H groups in total. The standard InChI is InChI=1S/C22H16ClNO4/c1-26-20-8-6-13(10-18(20)23)24-11-17-19(27-12-24)9-7-15-14-4-2-3-5-16(14)22(25)28-21(15)17/h2-10H,11-12H2,1H3. The molecule has 0 saturated heterocycles. The topological polar surface area (TPSA) is 51.9 Å². The van der Waals surface area contributed by atoms with E-state index in [0.29, 0.717) is 35.0 Å². The van der Waals surface area contributed by atoms with E-state index >= 15 is 0 Å². The highest BCUT2D eigenvalue weighted by Gasteiger charge is 2.23. The lowest BCUT2D eigenvalue weighted by Crippen LogP contribution is -2.32. The summed E-state index contributed by atoms with van der Waals surface area (Å²) in [4.78, 5) is 14.5. The number of hydrogen-bond acceptors (Lipinski definition) is 5. The fourth-order valence-electron chi connectivity index (χ4n) is 3.67. The number of rotatable bonds is 2. The molecule has 0 fully saturated rings. The average molecular weight is 394 g/mol. The summed E-state index contributed by atoms with van der Waals surface area (Å²) in [6.45, 7) is 0.912. The molecule has 3 aromatic carbocycles. The molecule has 1 aliphatic rings. The SMILES string of the molecule is COc1ccc(N2COc3ccc4c(oc(=O)c5ccccc54)c3C2)cc1Cl. The first-order valence-electron chi connectivity index (χ1n) is 8.84. The normalized spacial score (nSPS) is 13.4. The fraction of sp³-hybridized carbons (Fsp3) is 0.136. The van der Waals surface area contributed by atoms with Gasteiger partial charge >= 0.3 is 5.63 Å². The number of hydrogen-bond donors (Lipinski definition) is 0. The molecule has 1 aliphatic heterocycles. The molecule has 5 nitrogen and oxygen atoms in total. The van der Waals surface area contributed by atoms with Crippen molar-refractivity contribution in [1.29, 1.82) is 0 Å². The van der Waals surface area contributed by atoms with Gasteiger partial charge in [0.15, 0.2) is 6.73 Å². The van der Waals surface area contributed by atoms with Gasteiger partial charge in [-0.2, -0.15) is 0 Å². The van der Waals surface area contributed by atoms with Gasteiger partial charge < -0.3 is 18.8 Å². The van der Waals surface area contributed by atoms with E-state index < -0.39 is 0 Å². The smallest absolute Gasteiger partial charge is 0.344 e. The zero-order valence-electron chi connectivity index (χ0n) is 15.1. The predicted octanol–water partition coefficient (Wildman–Crippen LogP) is 4.96. The maximum Gasteiger partial charge on any atom is 0.344 e. The van der Waals surface area contributed by atoms with Gasteiger partial charge in [-0.3, -0.25) is 0 Å². The molecule has 2 heterocycles. The Morgan fingerprint density at radius 3 is 2.64 bits per heavy atom. The lowest BCUT2D eigenvalue weighted by atomic mass is 10.0. The molecule has 4 aromatic rings. The Hall–Kier alpha value is -3.18. The van der Waals surface area contributed by atoms with E-state index in [4.69, 9.17) is 25.5 Å². The predicted molar refractivity (Wildman–Crippen MR) is 110 cm³/mol. The molecule has 0 saturated carbocycles. The van der Waals surface area contributed by atoms with Crippen LogP contribution in [-0.2, 0) is 6.54 Å². The van der Waals surface area contributed by atoms with Gasteiger partial charge in [-0.05, 0) is 41.8 Å². The van der Waals surface area contributed by atoms with Crippen molar-refractivity contribution in [3.8, 4) is 11.5 Å². The van der Waals surface area contributed by atoms with Crippen molar-refractivity contribution in [3.05, 3.63) is 75.6 Å². The van der Waals surface area contributed by atoms with Crippen LogP contribution in [0.4, 0.5) is 5.69 Å². The average Bonchev–Trinajstić information content (AvgIpc) is 2.73. The Labute approximate surface area is 165 Å². The van der Waals surface area contributed by atoms with Crippen LogP contribution in [0.15, 0.2) is 63.8 Å². The molecule has 0 spiro atoms. The zero-order valence-corrected chi connectivity index (χ0v) is 15.8. The summed E-state index contributed by atoms with van der Waals surface area (Å²) in [5.74, 6) is 1.34. The van der Waals surface area contributed by atoms with Gasteiger partial charge in [0.05, 0.1) is 29.6 Å². The second-order valence-corrected chi connectivity index (χ2v) is 7.05. The van der Waals surface area contributed by atoms with E-state index in [1.807, 2.05) is 53.4 Å². The number of halogens is 1. The zero-order chi connectivity index (χ0) is 19.3. The Kier molecular flexibility index (Phi) is 3.91. The van der Waals surface area contributed by atoms with Crippen molar-refractivity contribution < 1.29 is 13.9 Å². The van der Waals surface area contributed by atoms with Crippen LogP contribution in [0.3, 0.4) is 0 Å². The molecule has 140 valence electrons. The van der Waals surface area contributed by atoms with Crippen LogP contribution < -0.4 is 20.0 Å². The first-order valence-corrected chi connectivity index (χ1v) is 9.22. The van der Waals surface area contributed by atoms with Crippen LogP contribution in [0.5, 0.6) is 11.5 Å². The van der Waals surface area contributed by atoms with E-state index in [2.05, 4.69) is 0 Å². The van der Waals surface area contributed by atoms with Crippen LogP contribution in [0.25, 0.3) is 21.7 Å². The van der Waals surface area contributed by atoms with Gasteiger partial charge in [0.1, 0.15) is 17.1 Å². The van der Waals surface area contributed by atoms with Crippen molar-refractivity contribution >= 4 is 39.0 Å². The molecule has 0 aliphatic carbocycles. The minimum atomic E-state index is -0.346. The fourth-order valence-corrected chi connectivity index (χ4v) is 3.92. The Bertz CT molecular complexity index is 1280. The summed E-state index contributed by atoms with van der Waals surface area (Å²) in [5, 5.41) is 2.88. The molecule has 0 radical (unpaired) electrons. The lowest BCUT2D eigenvalue weighted by molar-refractivity contribution is 0.289. The summed E-state index contributed by atoms with van der Waals surface area (Å²) >= 11 is 6.28. The van der Waals surface area contributed by atoms with Crippen LogP contribution in [0.1, 0.15) is 5.56 Å². The molecule has 28 heavy (non-hydrogen) atoms. The first kappa shape index (κ1) is 17.0. The molecule has 0 unspecified atom stereocenters. The van der Waals surface area contributed by atoms with Gasteiger partial charge in [-0.25, -0.2) is 4.79 Å². The number of ether oxygens (including phenoxy) is 2. The summed E-state index contributed by atoms with van der Waals surface area (Å²) in [7, 11) is 1.58. The van der Waals surface area contributed by atoms with Gasteiger partial charge in [0, 0.05) is 11.1 Å². The van der Waals surface area contributed by atoms with Gasteiger partial charge in [0.2, 0.25) is 0 Å². The maximum atomic E-state index is 12.5. The van der Waals surface area contributed by atoms with Crippen LogP contribution in [0.2, 0.25) is 5.02 Å². The van der Waals surface area contributed by atoms with Gasteiger partial charge in [-0.15, -0.1) is 0 Å². The third kappa shape index (κ3) is 2.59. The minimum Gasteiger partial charge on any atom is -0.495 e. The molecule has 0 amide bonds. The molecule has 0 atom stereocenters. The summed E-state index contributed by atoms with van der Waals surface area (Å²) in [6.07, 6.45) is 0. The number of nitrogens with zero attached hydrogens (tertiary/aromatic N) is 1. The molecular formula is C22H16ClNO4. The van der Waals surface area contributed by atoms with Crippen molar-refractivity contribution in [2.75, 3.05) is 18.7 Å². The molecule has 1 aromatic heterocycles. The van der Waals surface area contributed by atoms with Crippen molar-refractivity contribution in [2.24, 2.45) is 0 Å². The highest BCUT2D eigenvalue weighted by molar-refractivity contribution is 6.32. The monoisotopic (exact) mass is 393 g/mol. The second kappa shape index (κ2) is 6.46.